The van der Waals surface area contributed by atoms with Gasteiger partial charge in [0.1, 0.15) is 5.56 Å². The van der Waals surface area contributed by atoms with Gasteiger partial charge in [0.05, 0.1) is 20.4 Å². The lowest BCUT2D eigenvalue weighted by Crippen LogP contribution is -2.24. The summed E-state index contributed by atoms with van der Waals surface area (Å²) in [6.45, 7) is 3.99. The molecule has 0 bridgehead atoms. The number of methoxy groups -OCH3 is 2. The highest BCUT2D eigenvalue weighted by Crippen LogP contribution is 2.32. The third kappa shape index (κ3) is 4.95. The molecule has 2 rings (SSSR count). The van der Waals surface area contributed by atoms with Crippen LogP contribution < -0.4 is 20.2 Å². The van der Waals surface area contributed by atoms with Gasteiger partial charge in [-0.15, -0.1) is 0 Å². The van der Waals surface area contributed by atoms with Crippen molar-refractivity contribution in [3.8, 4) is 11.5 Å². The SMILES string of the molecule is COc1ccc(/C=N\NC(=S)Nc2ccc(C)cc2C)c(C(=O)O)c1OC. The molecule has 0 radical (unpaired) electrons. The topological polar surface area (TPSA) is 92.2 Å². The molecule has 7 nitrogen and oxygen atoms in total. The Morgan fingerprint density at radius 3 is 2.52 bits per heavy atom. The van der Waals surface area contributed by atoms with Crippen molar-refractivity contribution in [2.75, 3.05) is 19.5 Å². The van der Waals surface area contributed by atoms with E-state index in [-0.39, 0.29) is 16.4 Å². The van der Waals surface area contributed by atoms with Gasteiger partial charge in [0.15, 0.2) is 16.6 Å². The molecule has 0 saturated heterocycles. The zero-order chi connectivity index (χ0) is 20.0. The number of aryl methyl sites for hydroxylation is 2. The van der Waals surface area contributed by atoms with E-state index < -0.39 is 5.97 Å². The fourth-order valence-corrected chi connectivity index (χ4v) is 2.70. The van der Waals surface area contributed by atoms with Crippen molar-refractivity contribution < 1.29 is 19.4 Å². The molecule has 0 aliphatic carbocycles. The molecule has 0 aliphatic heterocycles. The lowest BCUT2D eigenvalue weighted by atomic mass is 10.1. The molecule has 142 valence electrons. The predicted molar refractivity (Wildman–Crippen MR) is 109 cm³/mol. The van der Waals surface area contributed by atoms with E-state index in [9.17, 15) is 9.90 Å². The van der Waals surface area contributed by atoms with Crippen LogP contribution in [0, 0.1) is 13.8 Å². The van der Waals surface area contributed by atoms with Crippen molar-refractivity contribution in [3.05, 3.63) is 52.6 Å². The molecule has 0 fully saturated rings. The van der Waals surface area contributed by atoms with Crippen molar-refractivity contribution in [1.82, 2.24) is 5.43 Å². The van der Waals surface area contributed by atoms with Crippen LogP contribution >= 0.6 is 12.2 Å². The van der Waals surface area contributed by atoms with Crippen molar-refractivity contribution in [2.45, 2.75) is 13.8 Å². The first kappa shape index (κ1) is 20.2. The number of nitrogens with one attached hydrogen (secondary N) is 2. The average Bonchev–Trinajstić information content (AvgIpc) is 2.63. The summed E-state index contributed by atoms with van der Waals surface area (Å²) in [7, 11) is 2.82. The van der Waals surface area contributed by atoms with Gasteiger partial charge in [-0.3, -0.25) is 5.43 Å². The molecule has 0 unspecified atom stereocenters. The zero-order valence-electron chi connectivity index (χ0n) is 15.5. The number of anilines is 1. The van der Waals surface area contributed by atoms with Gasteiger partial charge in [-0.2, -0.15) is 5.10 Å². The monoisotopic (exact) mass is 387 g/mol. The number of hydrogen-bond donors (Lipinski definition) is 3. The lowest BCUT2D eigenvalue weighted by molar-refractivity contribution is 0.0692. The van der Waals surface area contributed by atoms with Crippen molar-refractivity contribution >= 4 is 35.2 Å². The Labute approximate surface area is 163 Å². The van der Waals surface area contributed by atoms with Crippen LogP contribution in [0.5, 0.6) is 11.5 Å². The maximum absolute atomic E-state index is 11.6. The molecule has 0 heterocycles. The van der Waals surface area contributed by atoms with Gasteiger partial charge in [-0.05, 0) is 49.8 Å². The third-order valence-electron chi connectivity index (χ3n) is 3.79. The summed E-state index contributed by atoms with van der Waals surface area (Å²) in [6, 6.07) is 9.13. The van der Waals surface area contributed by atoms with Crippen LogP contribution in [-0.4, -0.2) is 36.6 Å². The number of aromatic carboxylic acids is 1. The number of carboxylic acid groups (broad SMARTS) is 1. The summed E-state index contributed by atoms with van der Waals surface area (Å²) in [4.78, 5) is 11.6. The highest BCUT2D eigenvalue weighted by Gasteiger charge is 2.20. The summed E-state index contributed by atoms with van der Waals surface area (Å²) in [6.07, 6.45) is 1.36. The molecule has 0 aliphatic rings. The number of nitrogens with zero attached hydrogens (tertiary/aromatic N) is 1. The fourth-order valence-electron chi connectivity index (χ4n) is 2.53. The van der Waals surface area contributed by atoms with Crippen molar-refractivity contribution in [3.63, 3.8) is 0 Å². The molecule has 0 saturated carbocycles. The predicted octanol–water partition coefficient (Wildman–Crippen LogP) is 3.34. The first-order valence-corrected chi connectivity index (χ1v) is 8.43. The average molecular weight is 387 g/mol. The number of carboxylic acids is 1. The lowest BCUT2D eigenvalue weighted by Gasteiger charge is -2.12. The minimum Gasteiger partial charge on any atom is -0.493 e. The standard InChI is InChI=1S/C19H21N3O4S/c1-11-5-7-14(12(2)9-11)21-19(27)22-20-10-13-6-8-15(25-3)17(26-4)16(13)18(23)24/h5-10H,1-4H3,(H,23,24)(H2,21,22,27)/b20-10-. The minimum absolute atomic E-state index is 0.0457. The quantitative estimate of drug-likeness (QED) is 0.398. The van der Waals surface area contributed by atoms with E-state index in [1.165, 1.54) is 20.4 Å². The second kappa shape index (κ2) is 9.00. The summed E-state index contributed by atoms with van der Waals surface area (Å²) >= 11 is 5.22. The van der Waals surface area contributed by atoms with Gasteiger partial charge in [0.2, 0.25) is 0 Å². The summed E-state index contributed by atoms with van der Waals surface area (Å²) in [5, 5.41) is 16.9. The summed E-state index contributed by atoms with van der Waals surface area (Å²) in [5.41, 5.74) is 6.06. The molecule has 2 aromatic carbocycles. The molecular weight excluding hydrogens is 366 g/mol. The van der Waals surface area contributed by atoms with Gasteiger partial charge in [-0.1, -0.05) is 17.7 Å². The van der Waals surface area contributed by atoms with Crippen molar-refractivity contribution in [2.24, 2.45) is 5.10 Å². The molecule has 8 heteroatoms. The van der Waals surface area contributed by atoms with Crippen LogP contribution in [0.4, 0.5) is 5.69 Å². The number of hydrazone groups is 1. The van der Waals surface area contributed by atoms with E-state index >= 15 is 0 Å². The van der Waals surface area contributed by atoms with Gasteiger partial charge < -0.3 is 19.9 Å². The second-order valence-electron chi connectivity index (χ2n) is 5.71. The number of carbonyl (C=O) groups is 1. The van der Waals surface area contributed by atoms with E-state index in [0.717, 1.165) is 16.8 Å². The second-order valence-corrected chi connectivity index (χ2v) is 6.12. The Morgan fingerprint density at radius 2 is 1.93 bits per heavy atom. The summed E-state index contributed by atoms with van der Waals surface area (Å²) in [5.74, 6) is -0.694. The normalized spacial score (nSPS) is 10.5. The van der Waals surface area contributed by atoms with Crippen molar-refractivity contribution in [1.29, 1.82) is 0 Å². The van der Waals surface area contributed by atoms with Gasteiger partial charge in [0, 0.05) is 11.3 Å². The largest absolute Gasteiger partial charge is 0.493 e. The van der Waals surface area contributed by atoms with E-state index in [1.807, 2.05) is 32.0 Å². The summed E-state index contributed by atoms with van der Waals surface area (Å²) < 4.78 is 10.3. The van der Waals surface area contributed by atoms with Gasteiger partial charge in [-0.25, -0.2) is 4.79 Å². The number of benzene rings is 2. The Hall–Kier alpha value is -3.13. The minimum atomic E-state index is -1.15. The van der Waals surface area contributed by atoms with E-state index in [2.05, 4.69) is 15.8 Å². The molecule has 27 heavy (non-hydrogen) atoms. The first-order chi connectivity index (χ1) is 12.9. The smallest absolute Gasteiger partial charge is 0.340 e. The van der Waals surface area contributed by atoms with Crippen LogP contribution in [0.1, 0.15) is 27.0 Å². The number of ether oxygens (including phenoxy) is 2. The zero-order valence-corrected chi connectivity index (χ0v) is 16.3. The van der Waals surface area contributed by atoms with Crippen LogP contribution in [-0.2, 0) is 0 Å². The Bertz CT molecular complexity index is 897. The van der Waals surface area contributed by atoms with Gasteiger partial charge in [0.25, 0.3) is 0 Å². The van der Waals surface area contributed by atoms with Gasteiger partial charge >= 0.3 is 5.97 Å². The molecule has 0 amide bonds. The van der Waals surface area contributed by atoms with E-state index in [1.54, 1.807) is 12.1 Å². The molecular formula is C19H21N3O4S. The first-order valence-electron chi connectivity index (χ1n) is 8.03. The number of rotatable bonds is 6. The number of hydrogen-bond acceptors (Lipinski definition) is 5. The van der Waals surface area contributed by atoms with Crippen LogP contribution in [0.3, 0.4) is 0 Å². The molecule has 0 aromatic heterocycles. The molecule has 0 atom stereocenters. The molecule has 0 spiro atoms. The van der Waals surface area contributed by atoms with E-state index in [0.29, 0.717) is 11.3 Å². The third-order valence-corrected chi connectivity index (χ3v) is 3.98. The fraction of sp³-hybridized carbons (Fsp3) is 0.211. The highest BCUT2D eigenvalue weighted by atomic mass is 32.1. The number of thiocarbonyl (C=S) groups is 1. The van der Waals surface area contributed by atoms with Crippen LogP contribution in [0.15, 0.2) is 35.4 Å². The Balaban J connectivity index is 2.15. The Morgan fingerprint density at radius 1 is 1.19 bits per heavy atom. The maximum Gasteiger partial charge on any atom is 0.340 e. The molecule has 2 aromatic rings. The Kier molecular flexibility index (Phi) is 6.73. The van der Waals surface area contributed by atoms with E-state index in [4.69, 9.17) is 21.7 Å². The maximum atomic E-state index is 11.6. The highest BCUT2D eigenvalue weighted by molar-refractivity contribution is 7.80. The molecule has 3 N–H and O–H groups in total. The van der Waals surface area contributed by atoms with Crippen LogP contribution in [0.2, 0.25) is 0 Å². The van der Waals surface area contributed by atoms with Crippen LogP contribution in [0.25, 0.3) is 0 Å².